The third-order valence-electron chi connectivity index (χ3n) is 3.87. The van der Waals surface area contributed by atoms with Gasteiger partial charge in [0.15, 0.2) is 0 Å². The average molecular weight is 387 g/mol. The van der Waals surface area contributed by atoms with E-state index in [4.69, 9.17) is 14.3 Å². The van der Waals surface area contributed by atoms with Crippen molar-refractivity contribution in [3.63, 3.8) is 0 Å². The van der Waals surface area contributed by atoms with Crippen molar-refractivity contribution in [2.75, 3.05) is 11.8 Å². The largest absolute Gasteiger partial charge is 0.496 e. The Morgan fingerprint density at radius 1 is 1.07 bits per heavy atom. The van der Waals surface area contributed by atoms with Crippen LogP contribution in [-0.4, -0.2) is 26.6 Å². The molecule has 0 saturated carbocycles. The number of benzene rings is 2. The van der Waals surface area contributed by atoms with Crippen LogP contribution in [0.15, 0.2) is 63.9 Å². The van der Waals surface area contributed by atoms with Gasteiger partial charge in [0.05, 0.1) is 17.6 Å². The molecule has 7 nitrogen and oxygen atoms in total. The summed E-state index contributed by atoms with van der Waals surface area (Å²) in [6, 6.07) is 13.9. The molecule has 0 atom stereocenters. The minimum absolute atomic E-state index is 0.136. The molecule has 0 amide bonds. The number of aromatic carboxylic acids is 1. The van der Waals surface area contributed by atoms with Crippen LogP contribution < -0.4 is 9.46 Å². The van der Waals surface area contributed by atoms with Crippen LogP contribution in [0.3, 0.4) is 0 Å². The van der Waals surface area contributed by atoms with Crippen LogP contribution in [0.25, 0.3) is 11.3 Å². The first kappa shape index (κ1) is 18.5. The van der Waals surface area contributed by atoms with E-state index >= 15 is 0 Å². The van der Waals surface area contributed by atoms with E-state index in [0.29, 0.717) is 17.0 Å². The Kier molecular flexibility index (Phi) is 4.91. The van der Waals surface area contributed by atoms with Crippen LogP contribution in [0, 0.1) is 6.92 Å². The number of carboxylic acid groups (broad SMARTS) is 1. The van der Waals surface area contributed by atoms with Crippen LogP contribution in [0.1, 0.15) is 16.1 Å². The smallest absolute Gasteiger partial charge is 0.371 e. The normalized spacial score (nSPS) is 11.2. The summed E-state index contributed by atoms with van der Waals surface area (Å²) in [6.07, 6.45) is 0. The van der Waals surface area contributed by atoms with Gasteiger partial charge in [-0.15, -0.1) is 0 Å². The lowest BCUT2D eigenvalue weighted by molar-refractivity contribution is 0.0663. The van der Waals surface area contributed by atoms with Gasteiger partial charge < -0.3 is 14.3 Å². The maximum atomic E-state index is 12.6. The van der Waals surface area contributed by atoms with Crippen LogP contribution in [0.4, 0.5) is 5.69 Å². The minimum Gasteiger partial charge on any atom is -0.496 e. The fourth-order valence-electron chi connectivity index (χ4n) is 2.49. The number of sulfonamides is 1. The Morgan fingerprint density at radius 2 is 1.78 bits per heavy atom. The summed E-state index contributed by atoms with van der Waals surface area (Å²) in [5, 5.41) is 9.01. The van der Waals surface area contributed by atoms with Crippen molar-refractivity contribution >= 4 is 21.7 Å². The maximum Gasteiger partial charge on any atom is 0.371 e. The molecule has 8 heteroatoms. The number of furan rings is 1. The second-order valence-corrected chi connectivity index (χ2v) is 7.49. The topological polar surface area (TPSA) is 106 Å². The Balaban J connectivity index is 1.97. The van der Waals surface area contributed by atoms with Gasteiger partial charge in [-0.05, 0) is 49.4 Å². The molecule has 0 aliphatic rings. The van der Waals surface area contributed by atoms with E-state index in [-0.39, 0.29) is 16.4 Å². The quantitative estimate of drug-likeness (QED) is 0.667. The summed E-state index contributed by atoms with van der Waals surface area (Å²) in [7, 11) is -2.32. The fourth-order valence-corrected chi connectivity index (χ4v) is 3.54. The zero-order valence-electron chi connectivity index (χ0n) is 14.6. The molecule has 0 aliphatic heterocycles. The van der Waals surface area contributed by atoms with Gasteiger partial charge in [-0.1, -0.05) is 17.7 Å². The van der Waals surface area contributed by atoms with E-state index in [1.165, 1.54) is 37.4 Å². The molecule has 3 rings (SSSR count). The molecule has 0 spiro atoms. The monoisotopic (exact) mass is 387 g/mol. The van der Waals surface area contributed by atoms with Crippen molar-refractivity contribution in [2.45, 2.75) is 11.8 Å². The van der Waals surface area contributed by atoms with E-state index < -0.39 is 16.0 Å². The SMILES string of the molecule is COc1ccc(NS(=O)(=O)c2ccc(C)cc2)cc1-c1ccc(C(=O)O)o1. The van der Waals surface area contributed by atoms with Gasteiger partial charge in [0.2, 0.25) is 5.76 Å². The number of carboxylic acids is 1. The Bertz CT molecular complexity index is 1080. The standard InChI is InChI=1S/C19H17NO6S/c1-12-3-6-14(7-4-12)27(23,24)20-13-5-8-16(25-2)15(11-13)17-9-10-18(26-17)19(21)22/h3-11,20H,1-2H3,(H,21,22). The van der Waals surface area contributed by atoms with Gasteiger partial charge in [0, 0.05) is 5.69 Å². The van der Waals surface area contributed by atoms with Gasteiger partial charge in [0.25, 0.3) is 10.0 Å². The summed E-state index contributed by atoms with van der Waals surface area (Å²) in [5.74, 6) is -0.755. The van der Waals surface area contributed by atoms with Crippen LogP contribution >= 0.6 is 0 Å². The lowest BCUT2D eigenvalue weighted by atomic mass is 10.1. The number of hydrogen-bond donors (Lipinski definition) is 2. The first-order chi connectivity index (χ1) is 12.8. The third-order valence-corrected chi connectivity index (χ3v) is 5.26. The molecule has 0 unspecified atom stereocenters. The summed E-state index contributed by atoms with van der Waals surface area (Å²) in [4.78, 5) is 11.2. The lowest BCUT2D eigenvalue weighted by Crippen LogP contribution is -2.13. The number of carbonyl (C=O) groups is 1. The Labute approximate surface area is 156 Å². The summed E-state index contributed by atoms with van der Waals surface area (Å²) in [6.45, 7) is 1.87. The third kappa shape index (κ3) is 3.95. The van der Waals surface area contributed by atoms with Gasteiger partial charge in [-0.25, -0.2) is 13.2 Å². The van der Waals surface area contributed by atoms with Gasteiger partial charge in [-0.2, -0.15) is 0 Å². The zero-order valence-corrected chi connectivity index (χ0v) is 15.4. The number of hydrogen-bond acceptors (Lipinski definition) is 5. The predicted molar refractivity (Wildman–Crippen MR) is 99.6 cm³/mol. The Morgan fingerprint density at radius 3 is 2.37 bits per heavy atom. The van der Waals surface area contributed by atoms with Crippen molar-refractivity contribution in [3.05, 3.63) is 65.9 Å². The first-order valence-electron chi connectivity index (χ1n) is 7.91. The van der Waals surface area contributed by atoms with Gasteiger partial charge in [-0.3, -0.25) is 4.72 Å². The van der Waals surface area contributed by atoms with Crippen LogP contribution in [0.2, 0.25) is 0 Å². The highest BCUT2D eigenvalue weighted by atomic mass is 32.2. The lowest BCUT2D eigenvalue weighted by Gasteiger charge is -2.12. The molecule has 27 heavy (non-hydrogen) atoms. The van der Waals surface area contributed by atoms with Crippen molar-refractivity contribution in [3.8, 4) is 17.1 Å². The highest BCUT2D eigenvalue weighted by molar-refractivity contribution is 7.92. The van der Waals surface area contributed by atoms with Crippen molar-refractivity contribution in [1.82, 2.24) is 0 Å². The summed E-state index contributed by atoms with van der Waals surface area (Å²) >= 11 is 0. The molecule has 0 bridgehead atoms. The maximum absolute atomic E-state index is 12.6. The number of nitrogens with one attached hydrogen (secondary N) is 1. The van der Waals surface area contributed by atoms with E-state index in [9.17, 15) is 13.2 Å². The van der Waals surface area contributed by atoms with Gasteiger partial charge >= 0.3 is 5.97 Å². The molecule has 140 valence electrons. The average Bonchev–Trinajstić information content (AvgIpc) is 3.12. The zero-order chi connectivity index (χ0) is 19.6. The van der Waals surface area contributed by atoms with E-state index in [1.807, 2.05) is 6.92 Å². The molecule has 0 aliphatic carbocycles. The molecular formula is C19H17NO6S. The Hall–Kier alpha value is -3.26. The first-order valence-corrected chi connectivity index (χ1v) is 9.39. The molecule has 3 aromatic rings. The molecule has 1 aromatic heterocycles. The highest BCUT2D eigenvalue weighted by Gasteiger charge is 2.18. The number of anilines is 1. The molecule has 1 heterocycles. The number of aryl methyl sites for hydroxylation is 1. The molecular weight excluding hydrogens is 370 g/mol. The number of ether oxygens (including phenoxy) is 1. The predicted octanol–water partition coefficient (Wildman–Crippen LogP) is 3.76. The molecule has 2 N–H and O–H groups in total. The highest BCUT2D eigenvalue weighted by Crippen LogP contribution is 2.34. The minimum atomic E-state index is -3.77. The van der Waals surface area contributed by atoms with Crippen molar-refractivity contribution in [1.29, 1.82) is 0 Å². The van der Waals surface area contributed by atoms with Gasteiger partial charge in [0.1, 0.15) is 11.5 Å². The summed E-state index contributed by atoms with van der Waals surface area (Å²) < 4.78 is 38.2. The molecule has 2 aromatic carbocycles. The van der Waals surface area contributed by atoms with E-state index in [1.54, 1.807) is 24.3 Å². The second kappa shape index (κ2) is 7.16. The molecule has 0 saturated heterocycles. The fraction of sp³-hybridized carbons (Fsp3) is 0.105. The van der Waals surface area contributed by atoms with Crippen LogP contribution in [0.5, 0.6) is 5.75 Å². The van der Waals surface area contributed by atoms with Crippen LogP contribution in [-0.2, 0) is 10.0 Å². The van der Waals surface area contributed by atoms with Crippen molar-refractivity contribution in [2.24, 2.45) is 0 Å². The van der Waals surface area contributed by atoms with Crippen molar-refractivity contribution < 1.29 is 27.5 Å². The molecule has 0 fully saturated rings. The number of methoxy groups -OCH3 is 1. The van der Waals surface area contributed by atoms with E-state index in [0.717, 1.165) is 5.56 Å². The number of rotatable bonds is 6. The molecule has 0 radical (unpaired) electrons. The summed E-state index contributed by atoms with van der Waals surface area (Å²) in [5.41, 5.74) is 1.67. The van der Waals surface area contributed by atoms with E-state index in [2.05, 4.69) is 4.72 Å². The second-order valence-electron chi connectivity index (χ2n) is 5.80.